The molecule has 0 aliphatic carbocycles. The fourth-order valence-electron chi connectivity index (χ4n) is 1.86. The number of methoxy groups -OCH3 is 1. The molecule has 1 N–H and O–H groups in total. The number of morpholine rings is 1. The Morgan fingerprint density at radius 2 is 2.35 bits per heavy atom. The van der Waals surface area contributed by atoms with Crippen molar-refractivity contribution in [3.63, 3.8) is 0 Å². The highest BCUT2D eigenvalue weighted by Crippen LogP contribution is 2.06. The van der Waals surface area contributed by atoms with E-state index in [0.29, 0.717) is 32.2 Å². The zero-order chi connectivity index (χ0) is 12.7. The first kappa shape index (κ1) is 14.4. The second-order valence-corrected chi connectivity index (χ2v) is 4.73. The van der Waals surface area contributed by atoms with E-state index in [1.807, 2.05) is 4.90 Å². The van der Waals surface area contributed by atoms with Gasteiger partial charge in [-0.1, -0.05) is 13.8 Å². The molecule has 17 heavy (non-hydrogen) atoms. The molecule has 1 fully saturated rings. The van der Waals surface area contributed by atoms with E-state index in [2.05, 4.69) is 19.2 Å². The monoisotopic (exact) mass is 244 g/mol. The van der Waals surface area contributed by atoms with E-state index < -0.39 is 0 Å². The summed E-state index contributed by atoms with van der Waals surface area (Å²) in [6, 6.07) is 0. The Morgan fingerprint density at radius 3 is 2.88 bits per heavy atom. The summed E-state index contributed by atoms with van der Waals surface area (Å²) in [6.07, 6.45) is -0.334. The van der Waals surface area contributed by atoms with Crippen LogP contribution >= 0.6 is 0 Å². The third-order valence-corrected chi connectivity index (χ3v) is 2.67. The van der Waals surface area contributed by atoms with Gasteiger partial charge in [0.25, 0.3) is 5.91 Å². The van der Waals surface area contributed by atoms with Gasteiger partial charge in [-0.15, -0.1) is 0 Å². The quantitative estimate of drug-likeness (QED) is 0.720. The van der Waals surface area contributed by atoms with Crippen LogP contribution in [-0.4, -0.2) is 63.4 Å². The molecule has 1 aliphatic heterocycles. The summed E-state index contributed by atoms with van der Waals surface area (Å²) in [6.45, 7) is 8.21. The van der Waals surface area contributed by atoms with Crippen molar-refractivity contribution in [1.82, 2.24) is 10.2 Å². The summed E-state index contributed by atoms with van der Waals surface area (Å²) in [5.74, 6) is 0.523. The molecule has 1 rings (SSSR count). The molecule has 1 heterocycles. The Bertz CT molecular complexity index is 228. The minimum Gasteiger partial charge on any atom is -0.383 e. The van der Waals surface area contributed by atoms with Crippen LogP contribution in [0.2, 0.25) is 0 Å². The highest BCUT2D eigenvalue weighted by molar-refractivity contribution is 5.81. The van der Waals surface area contributed by atoms with Gasteiger partial charge < -0.3 is 19.7 Å². The molecule has 1 unspecified atom stereocenters. The van der Waals surface area contributed by atoms with E-state index in [0.717, 1.165) is 13.1 Å². The molecule has 0 saturated carbocycles. The number of hydrogen-bond acceptors (Lipinski definition) is 4. The SMILES string of the molecule is COCCN(CC(C)C)C(=O)C1CNCCO1. The van der Waals surface area contributed by atoms with Crippen molar-refractivity contribution in [2.75, 3.05) is 46.5 Å². The summed E-state index contributed by atoms with van der Waals surface area (Å²) in [5.41, 5.74) is 0. The average Bonchev–Trinajstić information content (AvgIpc) is 2.34. The van der Waals surface area contributed by atoms with E-state index in [-0.39, 0.29) is 12.0 Å². The predicted octanol–water partition coefficient (Wildman–Crippen LogP) is 0.106. The van der Waals surface area contributed by atoms with Gasteiger partial charge in [0, 0.05) is 33.3 Å². The molecule has 1 saturated heterocycles. The smallest absolute Gasteiger partial charge is 0.253 e. The summed E-state index contributed by atoms with van der Waals surface area (Å²) in [7, 11) is 1.65. The lowest BCUT2D eigenvalue weighted by Crippen LogP contribution is -2.50. The van der Waals surface area contributed by atoms with Crippen LogP contribution in [0.4, 0.5) is 0 Å². The maximum absolute atomic E-state index is 12.2. The standard InChI is InChI=1S/C12H24N2O3/c1-10(2)9-14(5-7-16-3)12(15)11-8-13-4-6-17-11/h10-11,13H,4-9H2,1-3H3. The Kier molecular flexibility index (Phi) is 6.47. The number of ether oxygens (including phenoxy) is 2. The van der Waals surface area contributed by atoms with Gasteiger partial charge in [0.2, 0.25) is 0 Å². The second kappa shape index (κ2) is 7.63. The molecular weight excluding hydrogens is 220 g/mol. The van der Waals surface area contributed by atoms with Gasteiger partial charge in [-0.2, -0.15) is 0 Å². The van der Waals surface area contributed by atoms with Crippen LogP contribution in [0.3, 0.4) is 0 Å². The van der Waals surface area contributed by atoms with Gasteiger partial charge in [-0.05, 0) is 5.92 Å². The van der Waals surface area contributed by atoms with E-state index >= 15 is 0 Å². The van der Waals surface area contributed by atoms with E-state index in [1.165, 1.54) is 0 Å². The van der Waals surface area contributed by atoms with Crippen molar-refractivity contribution in [3.8, 4) is 0 Å². The van der Waals surface area contributed by atoms with Crippen molar-refractivity contribution < 1.29 is 14.3 Å². The first-order chi connectivity index (χ1) is 8.15. The van der Waals surface area contributed by atoms with Crippen molar-refractivity contribution in [2.24, 2.45) is 5.92 Å². The summed E-state index contributed by atoms with van der Waals surface area (Å²) >= 11 is 0. The minimum absolute atomic E-state index is 0.0722. The average molecular weight is 244 g/mol. The van der Waals surface area contributed by atoms with Gasteiger partial charge in [0.15, 0.2) is 0 Å². The molecule has 0 aromatic heterocycles. The molecule has 0 bridgehead atoms. The van der Waals surface area contributed by atoms with Gasteiger partial charge in [-0.3, -0.25) is 4.79 Å². The molecular formula is C12H24N2O3. The van der Waals surface area contributed by atoms with Gasteiger partial charge in [-0.25, -0.2) is 0 Å². The topological polar surface area (TPSA) is 50.8 Å². The van der Waals surface area contributed by atoms with Crippen LogP contribution in [0.1, 0.15) is 13.8 Å². The maximum atomic E-state index is 12.2. The first-order valence-electron chi connectivity index (χ1n) is 6.25. The number of hydrogen-bond donors (Lipinski definition) is 1. The molecule has 0 aromatic carbocycles. The number of carbonyl (C=O) groups excluding carboxylic acids is 1. The number of nitrogens with zero attached hydrogens (tertiary/aromatic N) is 1. The zero-order valence-corrected chi connectivity index (χ0v) is 11.1. The lowest BCUT2D eigenvalue weighted by Gasteiger charge is -2.30. The van der Waals surface area contributed by atoms with E-state index in [1.54, 1.807) is 7.11 Å². The molecule has 1 atom stereocenters. The number of rotatable bonds is 6. The minimum atomic E-state index is -0.334. The fraction of sp³-hybridized carbons (Fsp3) is 0.917. The van der Waals surface area contributed by atoms with Crippen LogP contribution in [-0.2, 0) is 14.3 Å². The highest BCUT2D eigenvalue weighted by atomic mass is 16.5. The Labute approximate surface area is 103 Å². The van der Waals surface area contributed by atoms with Crippen LogP contribution in [0.15, 0.2) is 0 Å². The fourth-order valence-corrected chi connectivity index (χ4v) is 1.86. The lowest BCUT2D eigenvalue weighted by atomic mass is 10.2. The van der Waals surface area contributed by atoms with Gasteiger partial charge >= 0.3 is 0 Å². The summed E-state index contributed by atoms with van der Waals surface area (Å²) in [5, 5.41) is 3.18. The normalized spacial score (nSPS) is 20.6. The lowest BCUT2D eigenvalue weighted by molar-refractivity contribution is -0.146. The van der Waals surface area contributed by atoms with Crippen LogP contribution in [0.5, 0.6) is 0 Å². The third kappa shape index (κ3) is 5.02. The molecule has 0 aromatic rings. The van der Waals surface area contributed by atoms with E-state index in [4.69, 9.17) is 9.47 Å². The first-order valence-corrected chi connectivity index (χ1v) is 6.25. The molecule has 0 spiro atoms. The molecule has 0 radical (unpaired) electrons. The number of carbonyl (C=O) groups is 1. The molecule has 1 aliphatic rings. The summed E-state index contributed by atoms with van der Waals surface area (Å²) < 4.78 is 10.5. The van der Waals surface area contributed by atoms with Gasteiger partial charge in [0.05, 0.1) is 13.2 Å². The Hall–Kier alpha value is -0.650. The Balaban J connectivity index is 2.50. The Morgan fingerprint density at radius 1 is 1.59 bits per heavy atom. The van der Waals surface area contributed by atoms with Crippen LogP contribution < -0.4 is 5.32 Å². The molecule has 5 nitrogen and oxygen atoms in total. The molecule has 5 heteroatoms. The second-order valence-electron chi connectivity index (χ2n) is 4.73. The predicted molar refractivity (Wildman–Crippen MR) is 65.9 cm³/mol. The van der Waals surface area contributed by atoms with Crippen LogP contribution in [0.25, 0.3) is 0 Å². The van der Waals surface area contributed by atoms with Crippen LogP contribution in [0, 0.1) is 5.92 Å². The van der Waals surface area contributed by atoms with E-state index in [9.17, 15) is 4.79 Å². The molecule has 100 valence electrons. The largest absolute Gasteiger partial charge is 0.383 e. The van der Waals surface area contributed by atoms with Crippen molar-refractivity contribution >= 4 is 5.91 Å². The van der Waals surface area contributed by atoms with Crippen molar-refractivity contribution in [2.45, 2.75) is 20.0 Å². The summed E-state index contributed by atoms with van der Waals surface area (Å²) in [4.78, 5) is 14.1. The van der Waals surface area contributed by atoms with Crippen molar-refractivity contribution in [1.29, 1.82) is 0 Å². The maximum Gasteiger partial charge on any atom is 0.253 e. The number of amides is 1. The zero-order valence-electron chi connectivity index (χ0n) is 11.1. The molecule has 1 amide bonds. The third-order valence-electron chi connectivity index (χ3n) is 2.67. The van der Waals surface area contributed by atoms with Crippen molar-refractivity contribution in [3.05, 3.63) is 0 Å². The number of nitrogens with one attached hydrogen (secondary N) is 1. The highest BCUT2D eigenvalue weighted by Gasteiger charge is 2.26. The van der Waals surface area contributed by atoms with Gasteiger partial charge in [0.1, 0.15) is 6.10 Å².